The van der Waals surface area contributed by atoms with E-state index in [4.69, 9.17) is 9.15 Å². The smallest absolute Gasteiger partial charge is 0.123 e. The van der Waals surface area contributed by atoms with Crippen LogP contribution in [0.3, 0.4) is 0 Å². The number of furan rings is 1. The lowest BCUT2D eigenvalue weighted by atomic mass is 10.1. The van der Waals surface area contributed by atoms with Gasteiger partial charge in [0.1, 0.15) is 17.3 Å². The second-order valence-corrected chi connectivity index (χ2v) is 6.78. The maximum atomic E-state index is 13.1. The van der Waals surface area contributed by atoms with Crippen molar-refractivity contribution in [2.24, 2.45) is 0 Å². The van der Waals surface area contributed by atoms with E-state index in [1.807, 2.05) is 25.1 Å². The summed E-state index contributed by atoms with van der Waals surface area (Å²) in [5.74, 6) is 1.79. The van der Waals surface area contributed by atoms with Gasteiger partial charge in [-0.1, -0.05) is 12.1 Å². The summed E-state index contributed by atoms with van der Waals surface area (Å²) < 4.78 is 24.8. The number of rotatable bonds is 4. The van der Waals surface area contributed by atoms with Gasteiger partial charge < -0.3 is 9.15 Å². The standard InChI is InChI=1S/C19H23FN2O2/c1-14-2-7-17(24-14)11-22-8-9-23-19-13-21(12-18(19)22)10-15-3-5-16(20)6-4-15/h2-7,18-19H,8-13H2,1H3/t18-,19+/m0/s1. The third-order valence-corrected chi connectivity index (χ3v) is 4.97. The van der Waals surface area contributed by atoms with Gasteiger partial charge in [-0.25, -0.2) is 4.39 Å². The lowest BCUT2D eigenvalue weighted by Crippen LogP contribution is -2.50. The van der Waals surface area contributed by atoms with Crippen LogP contribution in [-0.4, -0.2) is 48.2 Å². The SMILES string of the molecule is Cc1ccc(CN2CCO[C@@H]3CN(Cc4ccc(F)cc4)C[C@@H]32)o1. The number of ether oxygens (including phenoxy) is 1. The fraction of sp³-hybridized carbons (Fsp3) is 0.474. The summed E-state index contributed by atoms with van der Waals surface area (Å²) in [5, 5.41) is 0. The van der Waals surface area contributed by atoms with E-state index in [0.717, 1.165) is 56.4 Å². The minimum Gasteiger partial charge on any atom is -0.465 e. The van der Waals surface area contributed by atoms with Gasteiger partial charge in [-0.05, 0) is 36.8 Å². The molecule has 0 aliphatic carbocycles. The Balaban J connectivity index is 1.41. The molecule has 5 heteroatoms. The molecule has 2 fully saturated rings. The Bertz CT molecular complexity index is 685. The van der Waals surface area contributed by atoms with Crippen molar-refractivity contribution in [2.75, 3.05) is 26.2 Å². The average Bonchev–Trinajstić information content (AvgIpc) is 3.16. The zero-order chi connectivity index (χ0) is 16.5. The van der Waals surface area contributed by atoms with Gasteiger partial charge >= 0.3 is 0 Å². The van der Waals surface area contributed by atoms with Crippen molar-refractivity contribution in [2.45, 2.75) is 32.2 Å². The lowest BCUT2D eigenvalue weighted by molar-refractivity contribution is -0.0523. The molecular weight excluding hydrogens is 307 g/mol. The van der Waals surface area contributed by atoms with Crippen molar-refractivity contribution in [1.29, 1.82) is 0 Å². The number of likely N-dealkylation sites (tertiary alicyclic amines) is 1. The number of hydrogen-bond donors (Lipinski definition) is 0. The summed E-state index contributed by atoms with van der Waals surface area (Å²) in [4.78, 5) is 4.87. The van der Waals surface area contributed by atoms with Crippen LogP contribution in [0.1, 0.15) is 17.1 Å². The van der Waals surface area contributed by atoms with Gasteiger partial charge in [0.15, 0.2) is 0 Å². The molecule has 1 aromatic carbocycles. The Labute approximate surface area is 141 Å². The molecule has 4 rings (SSSR count). The molecule has 0 amide bonds. The van der Waals surface area contributed by atoms with E-state index in [2.05, 4.69) is 15.9 Å². The number of benzene rings is 1. The molecule has 4 nitrogen and oxygen atoms in total. The highest BCUT2D eigenvalue weighted by atomic mass is 19.1. The topological polar surface area (TPSA) is 28.9 Å². The van der Waals surface area contributed by atoms with Gasteiger partial charge in [0.2, 0.25) is 0 Å². The first-order valence-electron chi connectivity index (χ1n) is 8.55. The van der Waals surface area contributed by atoms with Crippen molar-refractivity contribution >= 4 is 0 Å². The molecule has 0 spiro atoms. The minimum atomic E-state index is -0.183. The molecule has 0 radical (unpaired) electrons. The van der Waals surface area contributed by atoms with Crippen LogP contribution in [-0.2, 0) is 17.8 Å². The molecule has 2 aromatic rings. The monoisotopic (exact) mass is 330 g/mol. The number of morpholine rings is 1. The lowest BCUT2D eigenvalue weighted by Gasteiger charge is -2.36. The molecule has 1 aromatic heterocycles. The predicted octanol–water partition coefficient (Wildman–Crippen LogP) is 2.81. The molecule has 0 N–H and O–H groups in total. The molecule has 0 unspecified atom stereocenters. The summed E-state index contributed by atoms with van der Waals surface area (Å²) in [5.41, 5.74) is 1.14. The minimum absolute atomic E-state index is 0.183. The molecule has 3 heterocycles. The van der Waals surface area contributed by atoms with Crippen molar-refractivity contribution in [3.8, 4) is 0 Å². The fourth-order valence-electron chi connectivity index (χ4n) is 3.78. The highest BCUT2D eigenvalue weighted by Gasteiger charge is 2.40. The first-order chi connectivity index (χ1) is 11.7. The van der Waals surface area contributed by atoms with Gasteiger partial charge in [-0.15, -0.1) is 0 Å². The van der Waals surface area contributed by atoms with Crippen molar-refractivity contribution < 1.29 is 13.5 Å². The summed E-state index contributed by atoms with van der Waals surface area (Å²) in [6.45, 7) is 7.26. The van der Waals surface area contributed by atoms with Crippen molar-refractivity contribution in [1.82, 2.24) is 9.80 Å². The van der Waals surface area contributed by atoms with Crippen molar-refractivity contribution in [3.63, 3.8) is 0 Å². The largest absolute Gasteiger partial charge is 0.465 e. The zero-order valence-corrected chi connectivity index (χ0v) is 14.0. The van der Waals surface area contributed by atoms with E-state index >= 15 is 0 Å². The highest BCUT2D eigenvalue weighted by Crippen LogP contribution is 2.26. The van der Waals surface area contributed by atoms with E-state index < -0.39 is 0 Å². The van der Waals surface area contributed by atoms with Gasteiger partial charge in [0.05, 0.1) is 25.3 Å². The first kappa shape index (κ1) is 15.8. The van der Waals surface area contributed by atoms with Crippen LogP contribution in [0.15, 0.2) is 40.8 Å². The number of halogens is 1. The van der Waals surface area contributed by atoms with Crippen LogP contribution in [0, 0.1) is 12.7 Å². The average molecular weight is 330 g/mol. The van der Waals surface area contributed by atoms with Gasteiger partial charge in [-0.3, -0.25) is 9.80 Å². The third-order valence-electron chi connectivity index (χ3n) is 4.97. The van der Waals surface area contributed by atoms with Crippen molar-refractivity contribution in [3.05, 3.63) is 59.3 Å². The Hall–Kier alpha value is -1.69. The predicted molar refractivity (Wildman–Crippen MR) is 89.1 cm³/mol. The van der Waals surface area contributed by atoms with Crippen LogP contribution in [0.2, 0.25) is 0 Å². The summed E-state index contributed by atoms with van der Waals surface area (Å²) in [6.07, 6.45) is 0.246. The Morgan fingerprint density at radius 3 is 2.67 bits per heavy atom. The number of fused-ring (bicyclic) bond motifs is 1. The zero-order valence-electron chi connectivity index (χ0n) is 14.0. The summed E-state index contributed by atoms with van der Waals surface area (Å²) in [7, 11) is 0. The van der Waals surface area contributed by atoms with Gasteiger partial charge in [0, 0.05) is 26.2 Å². The fourth-order valence-corrected chi connectivity index (χ4v) is 3.78. The van der Waals surface area contributed by atoms with Crippen LogP contribution >= 0.6 is 0 Å². The molecule has 2 atom stereocenters. The van der Waals surface area contributed by atoms with Crippen LogP contribution < -0.4 is 0 Å². The van der Waals surface area contributed by atoms with E-state index in [-0.39, 0.29) is 11.9 Å². The Morgan fingerprint density at radius 1 is 1.08 bits per heavy atom. The van der Waals surface area contributed by atoms with Gasteiger partial charge in [0.25, 0.3) is 0 Å². The number of nitrogens with zero attached hydrogens (tertiary/aromatic N) is 2. The van der Waals surface area contributed by atoms with E-state index in [1.165, 1.54) is 12.1 Å². The molecule has 2 saturated heterocycles. The summed E-state index contributed by atoms with van der Waals surface area (Å²) in [6, 6.07) is 11.3. The molecular formula is C19H23FN2O2. The molecule has 2 aliphatic heterocycles. The third kappa shape index (κ3) is 3.38. The second kappa shape index (κ2) is 6.67. The second-order valence-electron chi connectivity index (χ2n) is 6.78. The van der Waals surface area contributed by atoms with E-state index in [9.17, 15) is 4.39 Å². The maximum Gasteiger partial charge on any atom is 0.123 e. The number of hydrogen-bond acceptors (Lipinski definition) is 4. The first-order valence-corrected chi connectivity index (χ1v) is 8.55. The summed E-state index contributed by atoms with van der Waals surface area (Å²) >= 11 is 0. The molecule has 2 aliphatic rings. The number of aryl methyl sites for hydroxylation is 1. The Morgan fingerprint density at radius 2 is 1.92 bits per heavy atom. The molecule has 128 valence electrons. The Kier molecular flexibility index (Phi) is 4.39. The van der Waals surface area contributed by atoms with Gasteiger partial charge in [-0.2, -0.15) is 0 Å². The van der Waals surface area contributed by atoms with Crippen LogP contribution in [0.4, 0.5) is 4.39 Å². The van der Waals surface area contributed by atoms with E-state index in [1.54, 1.807) is 0 Å². The maximum absolute atomic E-state index is 13.1. The molecule has 0 bridgehead atoms. The van der Waals surface area contributed by atoms with Crippen LogP contribution in [0.5, 0.6) is 0 Å². The van der Waals surface area contributed by atoms with Crippen LogP contribution in [0.25, 0.3) is 0 Å². The quantitative estimate of drug-likeness (QED) is 0.862. The molecule has 24 heavy (non-hydrogen) atoms. The molecule has 0 saturated carbocycles. The van der Waals surface area contributed by atoms with E-state index in [0.29, 0.717) is 6.04 Å². The normalized spacial score (nSPS) is 25.1. The highest BCUT2D eigenvalue weighted by molar-refractivity contribution is 5.16.